The smallest absolute Gasteiger partial charge is 0.277 e. The molecule has 90 valence electrons. The van der Waals surface area contributed by atoms with Crippen molar-refractivity contribution in [3.05, 3.63) is 0 Å². The molecule has 0 saturated heterocycles. The van der Waals surface area contributed by atoms with Gasteiger partial charge >= 0.3 is 0 Å². The molecular formula is C9H21N3O2S. The van der Waals surface area contributed by atoms with Crippen molar-refractivity contribution < 1.29 is 8.42 Å². The molecule has 15 heavy (non-hydrogen) atoms. The lowest BCUT2D eigenvalue weighted by molar-refractivity contribution is 0.376. The molecule has 0 bridgehead atoms. The van der Waals surface area contributed by atoms with E-state index in [0.29, 0.717) is 13.0 Å². The molecule has 0 aliphatic heterocycles. The van der Waals surface area contributed by atoms with Gasteiger partial charge in [0.2, 0.25) is 0 Å². The Morgan fingerprint density at radius 3 is 2.47 bits per heavy atom. The Hall–Kier alpha value is -0.170. The number of rotatable bonds is 7. The highest BCUT2D eigenvalue weighted by Gasteiger charge is 2.31. The second kappa shape index (κ2) is 4.78. The van der Waals surface area contributed by atoms with E-state index in [4.69, 9.17) is 5.73 Å². The summed E-state index contributed by atoms with van der Waals surface area (Å²) in [6.45, 7) is 4.32. The zero-order chi connectivity index (χ0) is 11.5. The summed E-state index contributed by atoms with van der Waals surface area (Å²) in [4.78, 5) is 0. The van der Waals surface area contributed by atoms with Gasteiger partial charge in [0.25, 0.3) is 10.2 Å². The lowest BCUT2D eigenvalue weighted by Crippen LogP contribution is -2.51. The summed E-state index contributed by atoms with van der Waals surface area (Å²) >= 11 is 0. The van der Waals surface area contributed by atoms with Crippen molar-refractivity contribution in [1.82, 2.24) is 9.44 Å². The zero-order valence-corrected chi connectivity index (χ0v) is 10.2. The van der Waals surface area contributed by atoms with Gasteiger partial charge in [-0.15, -0.1) is 0 Å². The van der Waals surface area contributed by atoms with Crippen molar-refractivity contribution in [2.24, 2.45) is 5.73 Å². The van der Waals surface area contributed by atoms with Gasteiger partial charge in [-0.2, -0.15) is 17.9 Å². The van der Waals surface area contributed by atoms with Gasteiger partial charge in [0.1, 0.15) is 0 Å². The van der Waals surface area contributed by atoms with Crippen LogP contribution in [0.1, 0.15) is 39.5 Å². The summed E-state index contributed by atoms with van der Waals surface area (Å²) in [6.07, 6.45) is 3.27. The molecule has 0 heterocycles. The molecule has 1 unspecified atom stereocenters. The summed E-state index contributed by atoms with van der Waals surface area (Å²) in [5, 5.41) is 0. The molecule has 0 aromatic heterocycles. The highest BCUT2D eigenvalue weighted by molar-refractivity contribution is 7.87. The van der Waals surface area contributed by atoms with Crippen LogP contribution in [0, 0.1) is 0 Å². The van der Waals surface area contributed by atoms with Crippen molar-refractivity contribution >= 4 is 10.2 Å². The Balaban J connectivity index is 2.55. The first kappa shape index (κ1) is 12.9. The third-order valence-electron chi connectivity index (χ3n) is 2.76. The van der Waals surface area contributed by atoms with E-state index in [0.717, 1.165) is 19.3 Å². The van der Waals surface area contributed by atoms with Crippen LogP contribution in [-0.4, -0.2) is 26.5 Å². The molecule has 1 saturated carbocycles. The second-order valence-corrected chi connectivity index (χ2v) is 5.90. The molecule has 1 rings (SSSR count). The van der Waals surface area contributed by atoms with Gasteiger partial charge in [-0.3, -0.25) is 0 Å². The first-order valence-electron chi connectivity index (χ1n) is 5.42. The molecular weight excluding hydrogens is 214 g/mol. The van der Waals surface area contributed by atoms with Crippen molar-refractivity contribution in [2.75, 3.05) is 6.54 Å². The van der Waals surface area contributed by atoms with Gasteiger partial charge in [0.05, 0.1) is 0 Å². The predicted octanol–water partition coefficient (Wildman–Crippen LogP) is 0.0903. The van der Waals surface area contributed by atoms with E-state index in [9.17, 15) is 8.42 Å². The van der Waals surface area contributed by atoms with Crippen LogP contribution >= 0.6 is 0 Å². The van der Waals surface area contributed by atoms with Gasteiger partial charge < -0.3 is 5.73 Å². The summed E-state index contributed by atoms with van der Waals surface area (Å²) in [5.74, 6) is 0. The fourth-order valence-corrected chi connectivity index (χ4v) is 3.02. The van der Waals surface area contributed by atoms with Crippen molar-refractivity contribution in [2.45, 2.75) is 51.1 Å². The molecule has 6 heteroatoms. The monoisotopic (exact) mass is 235 g/mol. The van der Waals surface area contributed by atoms with Crippen molar-refractivity contribution in [3.63, 3.8) is 0 Å². The molecule has 0 radical (unpaired) electrons. The van der Waals surface area contributed by atoms with E-state index in [1.54, 1.807) is 0 Å². The predicted molar refractivity (Wildman–Crippen MR) is 60.6 cm³/mol. The van der Waals surface area contributed by atoms with E-state index < -0.39 is 15.7 Å². The average molecular weight is 235 g/mol. The SMILES string of the molecule is CCC(C)(CCN)NS(=O)(=O)NC1CC1. The van der Waals surface area contributed by atoms with Crippen LogP contribution in [0.25, 0.3) is 0 Å². The maximum absolute atomic E-state index is 11.7. The number of nitrogens with one attached hydrogen (secondary N) is 2. The minimum Gasteiger partial charge on any atom is -0.330 e. The van der Waals surface area contributed by atoms with Crippen LogP contribution in [0.15, 0.2) is 0 Å². The molecule has 0 aromatic rings. The highest BCUT2D eigenvalue weighted by Crippen LogP contribution is 2.21. The molecule has 0 spiro atoms. The third-order valence-corrected chi connectivity index (χ3v) is 4.16. The molecule has 4 N–H and O–H groups in total. The Morgan fingerprint density at radius 1 is 1.47 bits per heavy atom. The van der Waals surface area contributed by atoms with Crippen molar-refractivity contribution in [1.29, 1.82) is 0 Å². The second-order valence-electron chi connectivity index (χ2n) is 4.45. The van der Waals surface area contributed by atoms with E-state index in [-0.39, 0.29) is 6.04 Å². The minimum absolute atomic E-state index is 0.140. The number of hydrogen-bond acceptors (Lipinski definition) is 3. The summed E-state index contributed by atoms with van der Waals surface area (Å²) < 4.78 is 28.6. The quantitative estimate of drug-likeness (QED) is 0.585. The summed E-state index contributed by atoms with van der Waals surface area (Å²) in [5.41, 5.74) is 5.03. The van der Waals surface area contributed by atoms with Crippen LogP contribution in [-0.2, 0) is 10.2 Å². The highest BCUT2D eigenvalue weighted by atomic mass is 32.2. The fraction of sp³-hybridized carbons (Fsp3) is 1.00. The van der Waals surface area contributed by atoms with Gasteiger partial charge in [-0.25, -0.2) is 0 Å². The standard InChI is InChI=1S/C9H21N3O2S/c1-3-9(2,6-7-10)12-15(13,14)11-8-4-5-8/h8,11-12H,3-7,10H2,1-2H3. The van der Waals surface area contributed by atoms with Crippen LogP contribution in [0.4, 0.5) is 0 Å². The minimum atomic E-state index is -3.37. The zero-order valence-electron chi connectivity index (χ0n) is 9.41. The summed E-state index contributed by atoms with van der Waals surface area (Å²) in [7, 11) is -3.37. The third kappa shape index (κ3) is 4.46. The first-order valence-corrected chi connectivity index (χ1v) is 6.90. The molecule has 1 atom stereocenters. The Bertz CT molecular complexity index is 300. The Kier molecular flexibility index (Phi) is 4.11. The normalized spacial score (nSPS) is 21.3. The molecule has 1 aliphatic carbocycles. The van der Waals surface area contributed by atoms with E-state index in [2.05, 4.69) is 9.44 Å². The maximum atomic E-state index is 11.7. The van der Waals surface area contributed by atoms with Gasteiger partial charge in [0, 0.05) is 11.6 Å². The topological polar surface area (TPSA) is 84.2 Å². The lowest BCUT2D eigenvalue weighted by Gasteiger charge is -2.28. The fourth-order valence-electron chi connectivity index (χ4n) is 1.39. The van der Waals surface area contributed by atoms with Crippen LogP contribution in [0.2, 0.25) is 0 Å². The van der Waals surface area contributed by atoms with Gasteiger partial charge in [-0.1, -0.05) is 6.92 Å². The Labute approximate surface area is 92.0 Å². The first-order chi connectivity index (χ1) is 6.91. The molecule has 5 nitrogen and oxygen atoms in total. The lowest BCUT2D eigenvalue weighted by atomic mass is 9.96. The van der Waals surface area contributed by atoms with E-state index >= 15 is 0 Å². The van der Waals surface area contributed by atoms with E-state index in [1.807, 2.05) is 13.8 Å². The summed E-state index contributed by atoms with van der Waals surface area (Å²) in [6, 6.07) is 0.140. The molecule has 0 amide bonds. The van der Waals surface area contributed by atoms with Crippen molar-refractivity contribution in [3.8, 4) is 0 Å². The molecule has 1 aliphatic rings. The van der Waals surface area contributed by atoms with Crippen LogP contribution < -0.4 is 15.2 Å². The molecule has 1 fully saturated rings. The van der Waals surface area contributed by atoms with Gasteiger partial charge in [-0.05, 0) is 39.2 Å². The largest absolute Gasteiger partial charge is 0.330 e. The average Bonchev–Trinajstić information content (AvgIpc) is 2.86. The van der Waals surface area contributed by atoms with E-state index in [1.165, 1.54) is 0 Å². The molecule has 0 aromatic carbocycles. The van der Waals surface area contributed by atoms with Crippen LogP contribution in [0.3, 0.4) is 0 Å². The number of nitrogens with two attached hydrogens (primary N) is 1. The van der Waals surface area contributed by atoms with Gasteiger partial charge in [0.15, 0.2) is 0 Å². The maximum Gasteiger partial charge on any atom is 0.277 e. The number of hydrogen-bond donors (Lipinski definition) is 3. The Morgan fingerprint density at radius 2 is 2.07 bits per heavy atom. The van der Waals surface area contributed by atoms with Crippen LogP contribution in [0.5, 0.6) is 0 Å².